The molecule has 0 aliphatic carbocycles. The molecule has 2 N–H and O–H groups in total. The lowest BCUT2D eigenvalue weighted by molar-refractivity contribution is 0.0185. The molecule has 10 nitrogen and oxygen atoms in total. The van der Waals surface area contributed by atoms with Crippen LogP contribution in [-0.4, -0.2) is 60.2 Å². The number of nitrogens with zero attached hydrogens (tertiary/aromatic N) is 1. The summed E-state index contributed by atoms with van der Waals surface area (Å²) in [7, 11) is -6.51. The number of likely N-dealkylation sites (tertiary alicyclic amines) is 1. The van der Waals surface area contributed by atoms with Gasteiger partial charge in [-0.25, -0.2) is 26.4 Å². The van der Waals surface area contributed by atoms with E-state index in [1.54, 1.807) is 23.1 Å². The van der Waals surface area contributed by atoms with Gasteiger partial charge in [0.1, 0.15) is 11.4 Å². The zero-order chi connectivity index (χ0) is 26.6. The van der Waals surface area contributed by atoms with E-state index in [4.69, 9.17) is 9.47 Å². The Hall–Kier alpha value is -2.83. The number of benzene rings is 2. The molecule has 0 atom stereocenters. The number of nitrogens with one attached hydrogen (secondary N) is 2. The highest BCUT2D eigenvalue weighted by atomic mass is 32.2. The maximum atomic E-state index is 12.9. The van der Waals surface area contributed by atoms with E-state index in [1.165, 1.54) is 31.4 Å². The molecule has 0 saturated carbocycles. The number of carbonyl (C=O) groups is 1. The van der Waals surface area contributed by atoms with Crippen LogP contribution in [0.1, 0.15) is 33.6 Å². The lowest BCUT2D eigenvalue weighted by Gasteiger charge is -2.33. The number of ether oxygens (including phenoxy) is 2. The quantitative estimate of drug-likeness (QED) is 0.525. The predicted molar refractivity (Wildman–Crippen MR) is 136 cm³/mol. The SMILES string of the molecule is COc1cccc(NS(=O)(=O)c2cccc(S(=O)(=O)NCC3CCN(C(=O)OC(C)(C)C)CC3)c2)c1. The van der Waals surface area contributed by atoms with Crippen LogP contribution in [0.15, 0.2) is 58.3 Å². The molecule has 1 aliphatic rings. The Morgan fingerprint density at radius 2 is 1.58 bits per heavy atom. The van der Waals surface area contributed by atoms with E-state index >= 15 is 0 Å². The van der Waals surface area contributed by atoms with Gasteiger partial charge >= 0.3 is 6.09 Å². The summed E-state index contributed by atoms with van der Waals surface area (Å²) >= 11 is 0. The van der Waals surface area contributed by atoms with Gasteiger partial charge in [-0.3, -0.25) is 4.72 Å². The van der Waals surface area contributed by atoms with E-state index in [0.717, 1.165) is 6.07 Å². The number of rotatable bonds is 8. The van der Waals surface area contributed by atoms with Crippen LogP contribution < -0.4 is 14.2 Å². The summed E-state index contributed by atoms with van der Waals surface area (Å²) in [6.07, 6.45) is 0.878. The maximum absolute atomic E-state index is 12.9. The zero-order valence-electron chi connectivity index (χ0n) is 20.9. The fraction of sp³-hybridized carbons (Fsp3) is 0.458. The summed E-state index contributed by atoms with van der Waals surface area (Å²) in [6.45, 7) is 6.56. The second kappa shape index (κ2) is 11.1. The van der Waals surface area contributed by atoms with Crippen molar-refractivity contribution in [2.45, 2.75) is 49.0 Å². The largest absolute Gasteiger partial charge is 0.497 e. The van der Waals surface area contributed by atoms with Crippen LogP contribution in [0.3, 0.4) is 0 Å². The smallest absolute Gasteiger partial charge is 0.410 e. The van der Waals surface area contributed by atoms with Crippen LogP contribution in [0.2, 0.25) is 0 Å². The first kappa shape index (κ1) is 27.8. The Labute approximate surface area is 213 Å². The van der Waals surface area contributed by atoms with Crippen molar-refractivity contribution in [3.8, 4) is 5.75 Å². The van der Waals surface area contributed by atoms with Crippen LogP contribution >= 0.6 is 0 Å². The Balaban J connectivity index is 1.61. The van der Waals surface area contributed by atoms with Gasteiger partial charge in [-0.1, -0.05) is 12.1 Å². The minimum Gasteiger partial charge on any atom is -0.497 e. The van der Waals surface area contributed by atoms with Gasteiger partial charge in [0.15, 0.2) is 0 Å². The van der Waals surface area contributed by atoms with E-state index < -0.39 is 25.6 Å². The molecular weight excluding hydrogens is 506 g/mol. The number of anilines is 1. The van der Waals surface area contributed by atoms with Crippen LogP contribution in [0, 0.1) is 5.92 Å². The summed E-state index contributed by atoms with van der Waals surface area (Å²) in [5.41, 5.74) is -0.284. The first-order valence-electron chi connectivity index (χ1n) is 11.5. The summed E-state index contributed by atoms with van der Waals surface area (Å²) in [5, 5.41) is 0. The zero-order valence-corrected chi connectivity index (χ0v) is 22.5. The van der Waals surface area contributed by atoms with E-state index in [-0.39, 0.29) is 28.3 Å². The van der Waals surface area contributed by atoms with Gasteiger partial charge in [0.05, 0.1) is 22.6 Å². The average Bonchev–Trinajstić information content (AvgIpc) is 2.82. The summed E-state index contributed by atoms with van der Waals surface area (Å²) in [5.74, 6) is 0.521. The Kier molecular flexibility index (Phi) is 8.52. The van der Waals surface area contributed by atoms with Crippen molar-refractivity contribution in [1.82, 2.24) is 9.62 Å². The van der Waals surface area contributed by atoms with Gasteiger partial charge in [0.2, 0.25) is 10.0 Å². The van der Waals surface area contributed by atoms with Gasteiger partial charge in [0.25, 0.3) is 10.0 Å². The normalized spacial score (nSPS) is 15.4. The molecule has 0 spiro atoms. The lowest BCUT2D eigenvalue weighted by Crippen LogP contribution is -2.43. The summed E-state index contributed by atoms with van der Waals surface area (Å²) < 4.78 is 67.0. The summed E-state index contributed by atoms with van der Waals surface area (Å²) in [4.78, 5) is 13.5. The van der Waals surface area contributed by atoms with Crippen molar-refractivity contribution < 1.29 is 31.1 Å². The number of hydrogen-bond acceptors (Lipinski definition) is 7. The molecule has 12 heteroatoms. The van der Waals surface area contributed by atoms with Gasteiger partial charge in [0, 0.05) is 25.7 Å². The van der Waals surface area contributed by atoms with Gasteiger partial charge in [-0.15, -0.1) is 0 Å². The number of hydrogen-bond donors (Lipinski definition) is 2. The monoisotopic (exact) mass is 539 g/mol. The van der Waals surface area contributed by atoms with E-state index in [9.17, 15) is 21.6 Å². The molecule has 1 fully saturated rings. The van der Waals surface area contributed by atoms with E-state index in [1.807, 2.05) is 20.8 Å². The summed E-state index contributed by atoms with van der Waals surface area (Å²) in [6, 6.07) is 11.6. The molecule has 0 unspecified atom stereocenters. The van der Waals surface area contributed by atoms with E-state index in [2.05, 4.69) is 9.44 Å². The van der Waals surface area contributed by atoms with Crippen LogP contribution in [0.25, 0.3) is 0 Å². The molecular formula is C24H33N3O7S2. The topological polar surface area (TPSA) is 131 Å². The first-order chi connectivity index (χ1) is 16.8. The fourth-order valence-corrected chi connectivity index (χ4v) is 6.00. The Morgan fingerprint density at radius 1 is 0.972 bits per heavy atom. The number of carbonyl (C=O) groups excluding carboxylic acids is 1. The minimum absolute atomic E-state index is 0.0418. The van der Waals surface area contributed by atoms with Crippen molar-refractivity contribution in [3.05, 3.63) is 48.5 Å². The predicted octanol–water partition coefficient (Wildman–Crippen LogP) is 3.42. The van der Waals surface area contributed by atoms with Crippen LogP contribution in [-0.2, 0) is 24.8 Å². The number of piperidine rings is 1. The molecule has 0 radical (unpaired) electrons. The van der Waals surface area contributed by atoms with Crippen molar-refractivity contribution in [1.29, 1.82) is 0 Å². The van der Waals surface area contributed by atoms with Gasteiger partial charge < -0.3 is 14.4 Å². The van der Waals surface area contributed by atoms with Crippen LogP contribution in [0.4, 0.5) is 10.5 Å². The van der Waals surface area contributed by atoms with Crippen molar-refractivity contribution in [3.63, 3.8) is 0 Å². The standard InChI is InChI=1S/C24H33N3O7S2/c1-24(2,3)34-23(28)27-13-11-18(12-14-27)17-25-35(29,30)21-9-6-10-22(16-21)36(31,32)26-19-7-5-8-20(15-19)33-4/h5-10,15-16,18,25-26H,11-14,17H2,1-4H3. The van der Waals surface area contributed by atoms with Gasteiger partial charge in [-0.05, 0) is 69.9 Å². The van der Waals surface area contributed by atoms with E-state index in [0.29, 0.717) is 37.4 Å². The third-order valence-corrected chi connectivity index (χ3v) is 8.38. The second-order valence-electron chi connectivity index (χ2n) is 9.57. The third-order valence-electron chi connectivity index (χ3n) is 5.58. The average molecular weight is 540 g/mol. The molecule has 3 rings (SSSR count). The molecule has 0 bridgehead atoms. The Bertz CT molecular complexity index is 1280. The molecule has 2 aromatic carbocycles. The maximum Gasteiger partial charge on any atom is 0.410 e. The lowest BCUT2D eigenvalue weighted by atomic mass is 9.97. The number of methoxy groups -OCH3 is 1. The van der Waals surface area contributed by atoms with Crippen LogP contribution in [0.5, 0.6) is 5.75 Å². The van der Waals surface area contributed by atoms with Crippen molar-refractivity contribution in [2.75, 3.05) is 31.5 Å². The minimum atomic E-state index is -4.03. The number of sulfonamides is 2. The molecule has 2 aromatic rings. The highest BCUT2D eigenvalue weighted by Gasteiger charge is 2.28. The molecule has 36 heavy (non-hydrogen) atoms. The molecule has 0 aromatic heterocycles. The van der Waals surface area contributed by atoms with Crippen molar-refractivity contribution in [2.24, 2.45) is 5.92 Å². The highest BCUT2D eigenvalue weighted by molar-refractivity contribution is 7.93. The molecule has 1 heterocycles. The van der Waals surface area contributed by atoms with Gasteiger partial charge in [-0.2, -0.15) is 0 Å². The first-order valence-corrected chi connectivity index (χ1v) is 14.5. The fourth-order valence-electron chi connectivity index (χ4n) is 3.67. The highest BCUT2D eigenvalue weighted by Crippen LogP contribution is 2.23. The Morgan fingerprint density at radius 3 is 2.19 bits per heavy atom. The molecule has 1 aliphatic heterocycles. The molecule has 198 valence electrons. The molecule has 1 amide bonds. The number of amides is 1. The van der Waals surface area contributed by atoms with Crippen molar-refractivity contribution >= 4 is 31.8 Å². The third kappa shape index (κ3) is 7.58. The second-order valence-corrected chi connectivity index (χ2v) is 13.0. The molecule has 1 saturated heterocycles.